The summed E-state index contributed by atoms with van der Waals surface area (Å²) in [7, 11) is 1.58. The maximum atomic E-state index is 13.1. The van der Waals surface area contributed by atoms with Gasteiger partial charge in [-0.3, -0.25) is 9.59 Å². The molecule has 30 heavy (non-hydrogen) atoms. The molecule has 1 atom stereocenters. The van der Waals surface area contributed by atoms with Crippen LogP contribution in [0.5, 0.6) is 0 Å². The first-order valence-corrected chi connectivity index (χ1v) is 10.8. The summed E-state index contributed by atoms with van der Waals surface area (Å²) in [5.74, 6) is -0.289. The van der Waals surface area contributed by atoms with Crippen molar-refractivity contribution in [2.45, 2.75) is 32.4 Å². The number of amides is 3. The number of hydrogen-bond acceptors (Lipinski definition) is 5. The third kappa shape index (κ3) is 4.99. The minimum absolute atomic E-state index is 0.0876. The molecule has 2 aromatic rings. The SMILES string of the molecule is CNC(=O)c1cccc([C@@H]2CN(C(=O)OC(C)(C)C)CCN2C(=O)c2ccsc2)c1. The molecule has 1 aromatic heterocycles. The van der Waals surface area contributed by atoms with Gasteiger partial charge >= 0.3 is 6.09 Å². The summed E-state index contributed by atoms with van der Waals surface area (Å²) in [5.41, 5.74) is 1.33. The molecule has 8 heteroatoms. The quantitative estimate of drug-likeness (QED) is 0.809. The molecule has 1 saturated heterocycles. The lowest BCUT2D eigenvalue weighted by Crippen LogP contribution is -2.53. The van der Waals surface area contributed by atoms with Crippen molar-refractivity contribution in [2.24, 2.45) is 0 Å². The van der Waals surface area contributed by atoms with E-state index in [1.165, 1.54) is 11.3 Å². The average molecular weight is 430 g/mol. The van der Waals surface area contributed by atoms with Crippen LogP contribution < -0.4 is 5.32 Å². The summed E-state index contributed by atoms with van der Waals surface area (Å²) in [5, 5.41) is 6.30. The molecule has 3 amide bonds. The molecule has 0 aliphatic carbocycles. The van der Waals surface area contributed by atoms with E-state index in [4.69, 9.17) is 4.74 Å². The van der Waals surface area contributed by atoms with Crippen LogP contribution in [0.15, 0.2) is 41.1 Å². The van der Waals surface area contributed by atoms with Crippen molar-refractivity contribution in [3.63, 3.8) is 0 Å². The summed E-state index contributed by atoms with van der Waals surface area (Å²) in [4.78, 5) is 41.3. The zero-order chi connectivity index (χ0) is 21.9. The number of thiophene rings is 1. The molecule has 0 saturated carbocycles. The molecule has 3 rings (SSSR count). The van der Waals surface area contributed by atoms with E-state index in [2.05, 4.69) is 5.32 Å². The highest BCUT2D eigenvalue weighted by molar-refractivity contribution is 7.08. The Morgan fingerprint density at radius 2 is 1.90 bits per heavy atom. The molecule has 0 radical (unpaired) electrons. The smallest absolute Gasteiger partial charge is 0.410 e. The number of carbonyl (C=O) groups is 3. The average Bonchev–Trinajstić information content (AvgIpc) is 3.26. The van der Waals surface area contributed by atoms with Gasteiger partial charge in [0.15, 0.2) is 0 Å². The van der Waals surface area contributed by atoms with Crippen molar-refractivity contribution in [3.05, 3.63) is 57.8 Å². The van der Waals surface area contributed by atoms with Crippen molar-refractivity contribution < 1.29 is 19.1 Å². The first-order valence-electron chi connectivity index (χ1n) is 9.83. The van der Waals surface area contributed by atoms with Crippen LogP contribution in [-0.2, 0) is 4.74 Å². The zero-order valence-electron chi connectivity index (χ0n) is 17.7. The van der Waals surface area contributed by atoms with Crippen LogP contribution in [0, 0.1) is 0 Å². The van der Waals surface area contributed by atoms with E-state index in [0.717, 1.165) is 5.56 Å². The third-order valence-electron chi connectivity index (χ3n) is 4.82. The first-order chi connectivity index (χ1) is 14.2. The molecular formula is C22H27N3O4S. The van der Waals surface area contributed by atoms with E-state index >= 15 is 0 Å². The highest BCUT2D eigenvalue weighted by Gasteiger charge is 2.36. The first kappa shape index (κ1) is 21.8. The molecule has 160 valence electrons. The summed E-state index contributed by atoms with van der Waals surface area (Å²) in [6.07, 6.45) is -0.405. The fourth-order valence-corrected chi connectivity index (χ4v) is 4.02. The molecule has 1 fully saturated rings. The molecule has 0 bridgehead atoms. The molecule has 2 heterocycles. The zero-order valence-corrected chi connectivity index (χ0v) is 18.5. The van der Waals surface area contributed by atoms with E-state index in [-0.39, 0.29) is 17.9 Å². The van der Waals surface area contributed by atoms with Crippen molar-refractivity contribution >= 4 is 29.2 Å². The van der Waals surface area contributed by atoms with Crippen molar-refractivity contribution in [3.8, 4) is 0 Å². The van der Waals surface area contributed by atoms with Crippen molar-refractivity contribution in [1.82, 2.24) is 15.1 Å². The Hall–Kier alpha value is -2.87. The van der Waals surface area contributed by atoms with Crippen LogP contribution in [0.1, 0.15) is 53.1 Å². The molecular weight excluding hydrogens is 402 g/mol. The molecule has 0 spiro atoms. The second kappa shape index (κ2) is 8.87. The van der Waals surface area contributed by atoms with Crippen LogP contribution >= 0.6 is 11.3 Å². The Morgan fingerprint density at radius 1 is 1.13 bits per heavy atom. The number of rotatable bonds is 3. The highest BCUT2D eigenvalue weighted by Crippen LogP contribution is 2.29. The maximum Gasteiger partial charge on any atom is 0.410 e. The largest absolute Gasteiger partial charge is 0.444 e. The molecule has 1 N–H and O–H groups in total. The van der Waals surface area contributed by atoms with E-state index in [0.29, 0.717) is 30.8 Å². The minimum Gasteiger partial charge on any atom is -0.444 e. The monoisotopic (exact) mass is 429 g/mol. The van der Waals surface area contributed by atoms with E-state index < -0.39 is 11.7 Å². The molecule has 0 unspecified atom stereocenters. The van der Waals surface area contributed by atoms with Crippen molar-refractivity contribution in [2.75, 3.05) is 26.7 Å². The lowest BCUT2D eigenvalue weighted by Gasteiger charge is -2.42. The number of hydrogen-bond donors (Lipinski definition) is 1. The standard InChI is InChI=1S/C22H27N3O4S/c1-22(2,3)29-21(28)24-9-10-25(20(27)17-8-11-30-14-17)18(13-24)15-6-5-7-16(12-15)19(26)23-4/h5-8,11-12,14,18H,9-10,13H2,1-4H3,(H,23,26)/t18-/m0/s1. The van der Waals surface area contributed by atoms with Gasteiger partial charge in [-0.25, -0.2) is 4.79 Å². The van der Waals surface area contributed by atoms with Gasteiger partial charge in [-0.1, -0.05) is 12.1 Å². The Bertz CT molecular complexity index is 921. The Labute approximate surface area is 180 Å². The highest BCUT2D eigenvalue weighted by atomic mass is 32.1. The van der Waals surface area contributed by atoms with Gasteiger partial charge in [0, 0.05) is 37.6 Å². The van der Waals surface area contributed by atoms with Gasteiger partial charge in [-0.05, 0) is 49.9 Å². The van der Waals surface area contributed by atoms with Gasteiger partial charge in [0.1, 0.15) is 5.60 Å². The van der Waals surface area contributed by atoms with E-state index in [9.17, 15) is 14.4 Å². The van der Waals surface area contributed by atoms with Crippen LogP contribution in [0.2, 0.25) is 0 Å². The fourth-order valence-electron chi connectivity index (χ4n) is 3.39. The Morgan fingerprint density at radius 3 is 2.53 bits per heavy atom. The van der Waals surface area contributed by atoms with Gasteiger partial charge in [0.05, 0.1) is 11.6 Å². The van der Waals surface area contributed by atoms with Gasteiger partial charge in [-0.2, -0.15) is 11.3 Å². The predicted octanol–water partition coefficient (Wildman–Crippen LogP) is 3.54. The molecule has 1 aromatic carbocycles. The van der Waals surface area contributed by atoms with Crippen molar-refractivity contribution in [1.29, 1.82) is 0 Å². The number of benzene rings is 1. The van der Waals surface area contributed by atoms with Crippen LogP contribution in [-0.4, -0.2) is 60.0 Å². The van der Waals surface area contributed by atoms with Gasteiger partial charge in [0.25, 0.3) is 11.8 Å². The number of nitrogens with zero attached hydrogens (tertiary/aromatic N) is 2. The lowest BCUT2D eigenvalue weighted by atomic mass is 9.99. The number of piperazine rings is 1. The predicted molar refractivity (Wildman–Crippen MR) is 116 cm³/mol. The Kier molecular flexibility index (Phi) is 6.45. The second-order valence-corrected chi connectivity index (χ2v) is 8.94. The summed E-state index contributed by atoms with van der Waals surface area (Å²) < 4.78 is 5.53. The van der Waals surface area contributed by atoms with Crippen LogP contribution in [0.3, 0.4) is 0 Å². The summed E-state index contributed by atoms with van der Waals surface area (Å²) in [6.45, 7) is 6.53. The molecule has 7 nitrogen and oxygen atoms in total. The maximum absolute atomic E-state index is 13.1. The Balaban J connectivity index is 1.92. The van der Waals surface area contributed by atoms with Gasteiger partial charge < -0.3 is 19.9 Å². The third-order valence-corrected chi connectivity index (χ3v) is 5.50. The summed E-state index contributed by atoms with van der Waals surface area (Å²) in [6, 6.07) is 8.58. The topological polar surface area (TPSA) is 79.0 Å². The number of nitrogens with one attached hydrogen (secondary N) is 1. The van der Waals surface area contributed by atoms with Gasteiger partial charge in [-0.15, -0.1) is 0 Å². The molecule has 1 aliphatic heterocycles. The van der Waals surface area contributed by atoms with E-state index in [1.54, 1.807) is 41.1 Å². The van der Waals surface area contributed by atoms with Crippen LogP contribution in [0.25, 0.3) is 0 Å². The normalized spacial score (nSPS) is 16.9. The van der Waals surface area contributed by atoms with Gasteiger partial charge in [0.2, 0.25) is 0 Å². The number of ether oxygens (including phenoxy) is 1. The molecule has 1 aliphatic rings. The van der Waals surface area contributed by atoms with E-state index in [1.807, 2.05) is 37.6 Å². The van der Waals surface area contributed by atoms with Crippen LogP contribution in [0.4, 0.5) is 4.79 Å². The summed E-state index contributed by atoms with van der Waals surface area (Å²) >= 11 is 1.47. The number of carbonyl (C=O) groups excluding carboxylic acids is 3. The fraction of sp³-hybridized carbons (Fsp3) is 0.409. The lowest BCUT2D eigenvalue weighted by molar-refractivity contribution is 0.00408. The minimum atomic E-state index is -0.602. The second-order valence-electron chi connectivity index (χ2n) is 8.16.